The molecular formula is C23H20Cl2N4OS. The van der Waals surface area contributed by atoms with E-state index in [2.05, 4.69) is 20.9 Å². The van der Waals surface area contributed by atoms with E-state index in [4.69, 9.17) is 28.2 Å². The number of hydrogen-bond donors (Lipinski definition) is 1. The van der Waals surface area contributed by atoms with E-state index in [0.29, 0.717) is 22.8 Å². The number of fused-ring (bicyclic) bond motifs is 1. The number of halogens is 2. The number of H-pyrrole nitrogens is 1. The second-order valence-corrected chi connectivity index (χ2v) is 9.21. The fourth-order valence-electron chi connectivity index (χ4n) is 4.01. The number of rotatable bonds is 4. The molecule has 0 amide bonds. The minimum absolute atomic E-state index is 0.120. The summed E-state index contributed by atoms with van der Waals surface area (Å²) in [4.78, 5) is 26.0. The highest BCUT2D eigenvalue weighted by molar-refractivity contribution is 7.17. The number of aromatic nitrogens is 2. The average Bonchev–Trinajstić information content (AvgIpc) is 3.19. The smallest absolute Gasteiger partial charge is 0.260 e. The van der Waals surface area contributed by atoms with Crippen LogP contribution >= 0.6 is 34.5 Å². The van der Waals surface area contributed by atoms with E-state index in [1.165, 1.54) is 11.3 Å². The normalized spacial score (nSPS) is 15.0. The first-order chi connectivity index (χ1) is 15.1. The van der Waals surface area contributed by atoms with Crippen LogP contribution in [-0.2, 0) is 6.54 Å². The van der Waals surface area contributed by atoms with Crippen LogP contribution in [0.1, 0.15) is 5.82 Å². The van der Waals surface area contributed by atoms with Crippen molar-refractivity contribution in [2.24, 2.45) is 0 Å². The number of nitrogens with zero attached hydrogens (tertiary/aromatic N) is 3. The fourth-order valence-corrected chi connectivity index (χ4v) is 5.46. The Balaban J connectivity index is 1.34. The molecule has 0 radical (unpaired) electrons. The zero-order chi connectivity index (χ0) is 21.4. The third kappa shape index (κ3) is 4.08. The van der Waals surface area contributed by atoms with Crippen LogP contribution in [0.2, 0.25) is 10.0 Å². The molecule has 8 heteroatoms. The molecule has 0 aliphatic carbocycles. The van der Waals surface area contributed by atoms with Gasteiger partial charge in [-0.1, -0.05) is 53.5 Å². The van der Waals surface area contributed by atoms with Gasteiger partial charge in [0.15, 0.2) is 0 Å². The zero-order valence-electron chi connectivity index (χ0n) is 16.6. The molecule has 1 N–H and O–H groups in total. The summed E-state index contributed by atoms with van der Waals surface area (Å²) in [6.45, 7) is 4.13. The molecule has 0 atom stereocenters. The van der Waals surface area contributed by atoms with Gasteiger partial charge in [-0.05, 0) is 18.2 Å². The fraction of sp³-hybridized carbons (Fsp3) is 0.217. The van der Waals surface area contributed by atoms with E-state index in [1.807, 2.05) is 47.8 Å². The molecule has 5 rings (SSSR count). The molecule has 2 aromatic heterocycles. The Morgan fingerprint density at radius 1 is 0.935 bits per heavy atom. The van der Waals surface area contributed by atoms with Gasteiger partial charge in [-0.25, -0.2) is 4.98 Å². The topological polar surface area (TPSA) is 52.2 Å². The maximum absolute atomic E-state index is 12.9. The number of thiophene rings is 1. The van der Waals surface area contributed by atoms with Gasteiger partial charge >= 0.3 is 0 Å². The van der Waals surface area contributed by atoms with Crippen molar-refractivity contribution < 1.29 is 0 Å². The molecule has 3 heterocycles. The number of hydrogen-bond acceptors (Lipinski definition) is 5. The largest absolute Gasteiger partial charge is 0.368 e. The Labute approximate surface area is 193 Å². The molecule has 158 valence electrons. The second kappa shape index (κ2) is 8.63. The highest BCUT2D eigenvalue weighted by Gasteiger charge is 2.20. The molecule has 0 unspecified atom stereocenters. The molecule has 1 fully saturated rings. The molecule has 2 aromatic carbocycles. The summed E-state index contributed by atoms with van der Waals surface area (Å²) in [6, 6.07) is 15.5. The van der Waals surface area contributed by atoms with Crippen molar-refractivity contribution in [2.75, 3.05) is 31.1 Å². The van der Waals surface area contributed by atoms with Crippen molar-refractivity contribution in [3.63, 3.8) is 0 Å². The van der Waals surface area contributed by atoms with Crippen LogP contribution in [0.15, 0.2) is 58.7 Å². The summed E-state index contributed by atoms with van der Waals surface area (Å²) in [6.07, 6.45) is 0. The molecule has 0 bridgehead atoms. The molecule has 0 saturated carbocycles. The lowest BCUT2D eigenvalue weighted by Gasteiger charge is -2.36. The van der Waals surface area contributed by atoms with Gasteiger partial charge in [0.2, 0.25) is 0 Å². The quantitative estimate of drug-likeness (QED) is 0.440. The van der Waals surface area contributed by atoms with Crippen LogP contribution in [0.5, 0.6) is 0 Å². The van der Waals surface area contributed by atoms with Crippen molar-refractivity contribution in [2.45, 2.75) is 6.54 Å². The van der Waals surface area contributed by atoms with Crippen LogP contribution < -0.4 is 10.5 Å². The van der Waals surface area contributed by atoms with Gasteiger partial charge < -0.3 is 9.88 Å². The van der Waals surface area contributed by atoms with E-state index < -0.39 is 0 Å². The minimum atomic E-state index is -0.120. The van der Waals surface area contributed by atoms with Gasteiger partial charge in [-0.15, -0.1) is 11.3 Å². The summed E-state index contributed by atoms with van der Waals surface area (Å²) in [7, 11) is 0. The van der Waals surface area contributed by atoms with E-state index in [1.54, 1.807) is 0 Å². The second-order valence-electron chi connectivity index (χ2n) is 7.54. The van der Waals surface area contributed by atoms with Crippen molar-refractivity contribution in [3.05, 3.63) is 80.1 Å². The molecule has 1 saturated heterocycles. The first-order valence-electron chi connectivity index (χ1n) is 10.1. The number of piperazine rings is 1. The van der Waals surface area contributed by atoms with Crippen LogP contribution in [0.3, 0.4) is 0 Å². The van der Waals surface area contributed by atoms with Gasteiger partial charge in [-0.2, -0.15) is 0 Å². The highest BCUT2D eigenvalue weighted by Crippen LogP contribution is 2.35. The first-order valence-corrected chi connectivity index (χ1v) is 11.7. The molecule has 1 aliphatic rings. The van der Waals surface area contributed by atoms with E-state index in [9.17, 15) is 4.79 Å². The van der Waals surface area contributed by atoms with Crippen LogP contribution in [-0.4, -0.2) is 41.0 Å². The van der Waals surface area contributed by atoms with Crippen LogP contribution in [0, 0.1) is 0 Å². The average molecular weight is 471 g/mol. The SMILES string of the molecule is O=c1[nH]c(CN2CCN(c3ccccc3Cl)CC2)nc2scc(-c3ccccc3Cl)c12. The predicted molar refractivity (Wildman–Crippen MR) is 130 cm³/mol. The Bertz CT molecular complexity index is 1290. The molecular weight excluding hydrogens is 451 g/mol. The van der Waals surface area contributed by atoms with Gasteiger partial charge in [0, 0.05) is 47.7 Å². The van der Waals surface area contributed by atoms with Crippen molar-refractivity contribution in [1.29, 1.82) is 0 Å². The number of anilines is 1. The summed E-state index contributed by atoms with van der Waals surface area (Å²) < 4.78 is 0. The molecule has 4 aromatic rings. The summed E-state index contributed by atoms with van der Waals surface area (Å²) >= 11 is 14.2. The van der Waals surface area contributed by atoms with Crippen molar-refractivity contribution in [1.82, 2.24) is 14.9 Å². The van der Waals surface area contributed by atoms with Crippen LogP contribution in [0.25, 0.3) is 21.3 Å². The standard InChI is InChI=1S/C23H20Cl2N4OS/c24-17-6-2-1-5-15(17)16-14-31-23-21(16)22(30)26-20(27-23)13-28-9-11-29(12-10-28)19-8-4-3-7-18(19)25/h1-8,14H,9-13H2,(H,26,27,30). The van der Waals surface area contributed by atoms with Gasteiger partial charge in [0.25, 0.3) is 5.56 Å². The number of para-hydroxylation sites is 1. The highest BCUT2D eigenvalue weighted by atomic mass is 35.5. The third-order valence-electron chi connectivity index (χ3n) is 5.60. The summed E-state index contributed by atoms with van der Waals surface area (Å²) in [5.74, 6) is 0.691. The molecule has 1 aliphatic heterocycles. The number of benzene rings is 2. The van der Waals surface area contributed by atoms with Crippen molar-refractivity contribution >= 4 is 50.4 Å². The molecule has 31 heavy (non-hydrogen) atoms. The molecule has 5 nitrogen and oxygen atoms in total. The van der Waals surface area contributed by atoms with Crippen molar-refractivity contribution in [3.8, 4) is 11.1 Å². The Morgan fingerprint density at radius 3 is 2.39 bits per heavy atom. The lowest BCUT2D eigenvalue weighted by molar-refractivity contribution is 0.244. The van der Waals surface area contributed by atoms with Gasteiger partial charge in [0.05, 0.1) is 22.6 Å². The summed E-state index contributed by atoms with van der Waals surface area (Å²) in [5, 5.41) is 3.96. The molecule has 0 spiro atoms. The van der Waals surface area contributed by atoms with Gasteiger partial charge in [-0.3, -0.25) is 9.69 Å². The Kier molecular flexibility index (Phi) is 5.71. The maximum Gasteiger partial charge on any atom is 0.260 e. The lowest BCUT2D eigenvalue weighted by atomic mass is 10.1. The minimum Gasteiger partial charge on any atom is -0.368 e. The summed E-state index contributed by atoms with van der Waals surface area (Å²) in [5.41, 5.74) is 2.64. The van der Waals surface area contributed by atoms with E-state index in [-0.39, 0.29) is 5.56 Å². The van der Waals surface area contributed by atoms with Gasteiger partial charge in [0.1, 0.15) is 10.7 Å². The predicted octanol–water partition coefficient (Wildman–Crippen LogP) is 5.28. The van der Waals surface area contributed by atoms with Crippen LogP contribution in [0.4, 0.5) is 5.69 Å². The monoisotopic (exact) mass is 470 g/mol. The maximum atomic E-state index is 12.9. The lowest BCUT2D eigenvalue weighted by Crippen LogP contribution is -2.46. The third-order valence-corrected chi connectivity index (χ3v) is 7.12. The van der Waals surface area contributed by atoms with E-state index >= 15 is 0 Å². The van der Waals surface area contributed by atoms with E-state index in [0.717, 1.165) is 52.8 Å². The first kappa shape index (κ1) is 20.5. The number of nitrogens with one attached hydrogen (secondary N) is 1. The Morgan fingerprint density at radius 2 is 1.65 bits per heavy atom. The zero-order valence-corrected chi connectivity index (χ0v) is 19.0. The Hall–Kier alpha value is -2.38. The number of aromatic amines is 1.